The average molecular weight is 554 g/mol. The van der Waals surface area contributed by atoms with Crippen molar-refractivity contribution in [3.8, 4) is 34.4 Å². The Morgan fingerprint density at radius 3 is 1.60 bits per heavy atom. The summed E-state index contributed by atoms with van der Waals surface area (Å²) in [6.07, 6.45) is 0. The number of nitrogens with zero attached hydrogens (tertiary/aromatic N) is 7. The van der Waals surface area contributed by atoms with Crippen LogP contribution in [0.3, 0.4) is 0 Å². The molecular weight excluding hydrogens is 530 g/mol. The van der Waals surface area contributed by atoms with E-state index in [-0.39, 0.29) is 0 Å². The summed E-state index contributed by atoms with van der Waals surface area (Å²) in [7, 11) is 0. The van der Waals surface area contributed by atoms with Crippen LogP contribution in [0.1, 0.15) is 0 Å². The fourth-order valence-corrected chi connectivity index (χ4v) is 6.03. The largest absolute Gasteiger partial charge is 0.294 e. The number of aromatic nitrogens is 7. The average Bonchev–Trinajstić information content (AvgIpc) is 3.71. The lowest BCUT2D eigenvalue weighted by atomic mass is 10.2. The fraction of sp³-hybridized carbons (Fsp3) is 0. The molecule has 0 bridgehead atoms. The molecule has 0 spiro atoms. The summed E-state index contributed by atoms with van der Waals surface area (Å²) < 4.78 is 6.57. The van der Waals surface area contributed by atoms with Crippen molar-refractivity contribution in [3.63, 3.8) is 0 Å². The van der Waals surface area contributed by atoms with Crippen LogP contribution in [0.25, 0.3) is 73.3 Å². The molecule has 0 aliphatic heterocycles. The summed E-state index contributed by atoms with van der Waals surface area (Å²) in [5.74, 6) is 2.47. The predicted molar refractivity (Wildman–Crippen MR) is 171 cm³/mol. The van der Waals surface area contributed by atoms with Crippen LogP contribution in [0.15, 0.2) is 140 Å². The molecule has 7 nitrogen and oxygen atoms in total. The van der Waals surface area contributed by atoms with Gasteiger partial charge >= 0.3 is 0 Å². The standard InChI is InChI=1S/C36H23N7/c1-4-14-24(15-5-1)32-38-33(25-16-6-2-7-17-25)40-35(39-32)43-30-23-13-12-22-29(30)42-34-31(37-36(42)43)27-20-10-11-21-28(27)41(34)26-18-8-3-9-19-26/h1-23H. The molecule has 0 saturated heterocycles. The maximum atomic E-state index is 5.31. The molecule has 0 unspecified atom stereocenters. The van der Waals surface area contributed by atoms with Crippen molar-refractivity contribution in [2.45, 2.75) is 0 Å². The Morgan fingerprint density at radius 1 is 0.419 bits per heavy atom. The molecule has 9 aromatic rings. The summed E-state index contributed by atoms with van der Waals surface area (Å²) in [6, 6.07) is 47.3. The van der Waals surface area contributed by atoms with Crippen molar-refractivity contribution in [2.75, 3.05) is 0 Å². The molecule has 9 rings (SSSR count). The van der Waals surface area contributed by atoms with Gasteiger partial charge in [-0.2, -0.15) is 9.97 Å². The molecule has 0 aliphatic rings. The van der Waals surface area contributed by atoms with Crippen molar-refractivity contribution in [1.82, 2.24) is 33.5 Å². The highest BCUT2D eigenvalue weighted by Gasteiger charge is 2.25. The van der Waals surface area contributed by atoms with Gasteiger partial charge in [-0.25, -0.2) is 14.5 Å². The lowest BCUT2D eigenvalue weighted by molar-refractivity contribution is 0.936. The van der Waals surface area contributed by atoms with Gasteiger partial charge in [0.1, 0.15) is 5.52 Å². The van der Waals surface area contributed by atoms with Crippen LogP contribution in [-0.4, -0.2) is 33.5 Å². The van der Waals surface area contributed by atoms with Crippen molar-refractivity contribution in [1.29, 1.82) is 0 Å². The first-order valence-electron chi connectivity index (χ1n) is 14.2. The van der Waals surface area contributed by atoms with Crippen LogP contribution in [0, 0.1) is 0 Å². The first-order valence-corrected chi connectivity index (χ1v) is 14.2. The number of benzene rings is 5. The molecule has 0 amide bonds. The predicted octanol–water partition coefficient (Wildman–Crippen LogP) is 7.89. The Kier molecular flexibility index (Phi) is 5.06. The van der Waals surface area contributed by atoms with Crippen LogP contribution in [0.4, 0.5) is 0 Å². The van der Waals surface area contributed by atoms with Gasteiger partial charge in [0.05, 0.1) is 16.6 Å². The summed E-state index contributed by atoms with van der Waals surface area (Å²) in [4.78, 5) is 20.3. The van der Waals surface area contributed by atoms with Crippen molar-refractivity contribution in [2.24, 2.45) is 0 Å². The van der Waals surface area contributed by atoms with E-state index in [0.29, 0.717) is 17.6 Å². The van der Waals surface area contributed by atoms with E-state index in [1.807, 2.05) is 72.8 Å². The molecule has 4 aromatic heterocycles. The van der Waals surface area contributed by atoms with E-state index in [1.165, 1.54) is 0 Å². The second-order valence-electron chi connectivity index (χ2n) is 10.4. The maximum Gasteiger partial charge on any atom is 0.241 e. The minimum atomic E-state index is 0.516. The van der Waals surface area contributed by atoms with E-state index in [9.17, 15) is 0 Å². The van der Waals surface area contributed by atoms with Gasteiger partial charge in [-0.1, -0.05) is 109 Å². The van der Waals surface area contributed by atoms with Gasteiger partial charge in [-0.15, -0.1) is 0 Å². The van der Waals surface area contributed by atoms with Gasteiger partial charge in [-0.05, 0) is 30.3 Å². The van der Waals surface area contributed by atoms with Crippen LogP contribution >= 0.6 is 0 Å². The highest BCUT2D eigenvalue weighted by molar-refractivity contribution is 6.09. The molecule has 0 radical (unpaired) electrons. The molecule has 0 N–H and O–H groups in total. The number of fused-ring (bicyclic) bond motifs is 7. The summed E-state index contributed by atoms with van der Waals surface area (Å²) in [5, 5.41) is 1.09. The molecule has 0 atom stereocenters. The van der Waals surface area contributed by atoms with E-state index in [4.69, 9.17) is 19.9 Å². The highest BCUT2D eigenvalue weighted by Crippen LogP contribution is 2.36. The molecule has 202 valence electrons. The third-order valence-corrected chi connectivity index (χ3v) is 7.91. The van der Waals surface area contributed by atoms with Gasteiger partial charge in [0.15, 0.2) is 17.3 Å². The van der Waals surface area contributed by atoms with E-state index in [1.54, 1.807) is 0 Å². The third-order valence-electron chi connectivity index (χ3n) is 7.91. The maximum absolute atomic E-state index is 5.31. The van der Waals surface area contributed by atoms with Crippen molar-refractivity contribution < 1.29 is 0 Å². The van der Waals surface area contributed by atoms with Gasteiger partial charge < -0.3 is 0 Å². The Balaban J connectivity index is 1.42. The zero-order valence-corrected chi connectivity index (χ0v) is 22.9. The molecule has 0 saturated carbocycles. The Labute approximate surface area is 246 Å². The zero-order valence-electron chi connectivity index (χ0n) is 22.9. The third kappa shape index (κ3) is 3.55. The van der Waals surface area contributed by atoms with Gasteiger partial charge in [0, 0.05) is 22.2 Å². The quantitative estimate of drug-likeness (QED) is 0.222. The SMILES string of the molecule is c1ccc(-c2nc(-c3ccccc3)nc(-n3c4ccccc4n4c3nc3c5ccccc5n(-c5ccccc5)c34)n2)cc1. The van der Waals surface area contributed by atoms with Crippen LogP contribution in [-0.2, 0) is 0 Å². The monoisotopic (exact) mass is 553 g/mol. The fourth-order valence-electron chi connectivity index (χ4n) is 6.03. The van der Waals surface area contributed by atoms with Gasteiger partial charge in [-0.3, -0.25) is 8.97 Å². The molecular formula is C36H23N7. The Bertz CT molecular complexity index is 2380. The highest BCUT2D eigenvalue weighted by atomic mass is 15.3. The molecule has 0 fully saturated rings. The van der Waals surface area contributed by atoms with Crippen LogP contribution in [0.5, 0.6) is 0 Å². The Hall–Kier alpha value is -6.08. The molecule has 5 aromatic carbocycles. The van der Waals surface area contributed by atoms with Crippen molar-refractivity contribution >= 4 is 38.9 Å². The number of rotatable bonds is 4. The first-order chi connectivity index (χ1) is 21.3. The number of hydrogen-bond acceptors (Lipinski definition) is 4. The van der Waals surface area contributed by atoms with E-state index >= 15 is 0 Å². The van der Waals surface area contributed by atoms with E-state index in [0.717, 1.165) is 55.7 Å². The molecule has 4 heterocycles. The minimum Gasteiger partial charge on any atom is -0.294 e. The Morgan fingerprint density at radius 2 is 0.953 bits per heavy atom. The number of hydrogen-bond donors (Lipinski definition) is 0. The number of para-hydroxylation sites is 4. The topological polar surface area (TPSA) is 65.8 Å². The summed E-state index contributed by atoms with van der Waals surface area (Å²) in [5.41, 5.74) is 7.92. The number of imidazole rings is 2. The summed E-state index contributed by atoms with van der Waals surface area (Å²) in [6.45, 7) is 0. The lowest BCUT2D eigenvalue weighted by Gasteiger charge is -2.09. The van der Waals surface area contributed by atoms with Crippen LogP contribution in [0.2, 0.25) is 0 Å². The molecule has 0 aliphatic carbocycles. The smallest absolute Gasteiger partial charge is 0.241 e. The van der Waals surface area contributed by atoms with E-state index < -0.39 is 0 Å². The van der Waals surface area contributed by atoms with Gasteiger partial charge in [0.25, 0.3) is 0 Å². The summed E-state index contributed by atoms with van der Waals surface area (Å²) >= 11 is 0. The lowest BCUT2D eigenvalue weighted by Crippen LogP contribution is -2.07. The molecule has 43 heavy (non-hydrogen) atoms. The first kappa shape index (κ1) is 23.6. The second kappa shape index (κ2) is 9.22. The minimum absolute atomic E-state index is 0.516. The molecule has 7 heteroatoms. The second-order valence-corrected chi connectivity index (χ2v) is 10.4. The zero-order chi connectivity index (χ0) is 28.3. The normalized spacial score (nSPS) is 11.7. The van der Waals surface area contributed by atoms with Crippen molar-refractivity contribution in [3.05, 3.63) is 140 Å². The van der Waals surface area contributed by atoms with Crippen LogP contribution < -0.4 is 0 Å². The van der Waals surface area contributed by atoms with Gasteiger partial charge in [0.2, 0.25) is 11.7 Å². The van der Waals surface area contributed by atoms with E-state index in [2.05, 4.69) is 80.3 Å².